The molecule has 6 heteroatoms. The highest BCUT2D eigenvalue weighted by atomic mass is 16.5. The maximum atomic E-state index is 11.5. The SMILES string of the molecule is COCC(O)CN(C)CCCn1cc(N)ccc1=O. The van der Waals surface area contributed by atoms with E-state index in [-0.39, 0.29) is 5.56 Å². The van der Waals surface area contributed by atoms with Crippen molar-refractivity contribution in [1.29, 1.82) is 0 Å². The lowest BCUT2D eigenvalue weighted by Crippen LogP contribution is -2.33. The van der Waals surface area contributed by atoms with Crippen molar-refractivity contribution >= 4 is 5.69 Å². The first-order valence-electron chi connectivity index (χ1n) is 6.34. The molecular weight excluding hydrogens is 246 g/mol. The first-order chi connectivity index (χ1) is 9.02. The molecule has 19 heavy (non-hydrogen) atoms. The van der Waals surface area contributed by atoms with E-state index in [1.54, 1.807) is 23.9 Å². The Bertz CT molecular complexity index is 433. The zero-order chi connectivity index (χ0) is 14.3. The Morgan fingerprint density at radius 2 is 2.26 bits per heavy atom. The van der Waals surface area contributed by atoms with Crippen molar-refractivity contribution in [3.8, 4) is 0 Å². The number of aliphatic hydroxyl groups excluding tert-OH is 1. The number of nitrogen functional groups attached to an aromatic ring is 1. The third-order valence-corrected chi connectivity index (χ3v) is 2.83. The number of anilines is 1. The molecule has 1 aromatic rings. The quantitative estimate of drug-likeness (QED) is 0.681. The molecule has 0 saturated heterocycles. The third-order valence-electron chi connectivity index (χ3n) is 2.83. The molecule has 6 nitrogen and oxygen atoms in total. The van der Waals surface area contributed by atoms with Crippen LogP contribution in [-0.2, 0) is 11.3 Å². The van der Waals surface area contributed by atoms with Gasteiger partial charge in [0.2, 0.25) is 0 Å². The summed E-state index contributed by atoms with van der Waals surface area (Å²) in [6, 6.07) is 3.08. The van der Waals surface area contributed by atoms with Crippen molar-refractivity contribution in [3.05, 3.63) is 28.7 Å². The highest BCUT2D eigenvalue weighted by Gasteiger charge is 2.07. The topological polar surface area (TPSA) is 80.7 Å². The van der Waals surface area contributed by atoms with Crippen molar-refractivity contribution in [2.24, 2.45) is 0 Å². The maximum absolute atomic E-state index is 11.5. The zero-order valence-electron chi connectivity index (χ0n) is 11.6. The van der Waals surface area contributed by atoms with Crippen molar-refractivity contribution in [1.82, 2.24) is 9.47 Å². The van der Waals surface area contributed by atoms with Crippen LogP contribution in [0.3, 0.4) is 0 Å². The maximum Gasteiger partial charge on any atom is 0.250 e. The van der Waals surface area contributed by atoms with Crippen LogP contribution in [0.2, 0.25) is 0 Å². The summed E-state index contributed by atoms with van der Waals surface area (Å²) in [5, 5.41) is 9.58. The van der Waals surface area contributed by atoms with E-state index < -0.39 is 6.10 Å². The predicted octanol–water partition coefficient (Wildman–Crippen LogP) is -0.240. The van der Waals surface area contributed by atoms with Crippen molar-refractivity contribution < 1.29 is 9.84 Å². The number of hydrogen-bond donors (Lipinski definition) is 2. The van der Waals surface area contributed by atoms with Crippen LogP contribution >= 0.6 is 0 Å². The van der Waals surface area contributed by atoms with Crippen LogP contribution in [0.1, 0.15) is 6.42 Å². The van der Waals surface area contributed by atoms with Crippen molar-refractivity contribution in [2.75, 3.05) is 39.6 Å². The molecular formula is C13H23N3O3. The van der Waals surface area contributed by atoms with Crippen LogP contribution in [-0.4, -0.2) is 54.5 Å². The number of ether oxygens (including phenoxy) is 1. The van der Waals surface area contributed by atoms with Crippen molar-refractivity contribution in [2.45, 2.75) is 19.1 Å². The van der Waals surface area contributed by atoms with Gasteiger partial charge in [-0.05, 0) is 26.1 Å². The number of hydrogen-bond acceptors (Lipinski definition) is 5. The Balaban J connectivity index is 2.33. The minimum atomic E-state index is -0.481. The summed E-state index contributed by atoms with van der Waals surface area (Å²) in [5.74, 6) is 0. The van der Waals surface area contributed by atoms with E-state index in [9.17, 15) is 9.90 Å². The smallest absolute Gasteiger partial charge is 0.250 e. The second kappa shape index (κ2) is 7.93. The van der Waals surface area contributed by atoms with Gasteiger partial charge in [0, 0.05) is 38.1 Å². The van der Waals surface area contributed by atoms with E-state index in [1.807, 2.05) is 11.9 Å². The lowest BCUT2D eigenvalue weighted by atomic mass is 10.3. The number of nitrogens with zero attached hydrogens (tertiary/aromatic N) is 2. The highest BCUT2D eigenvalue weighted by molar-refractivity contribution is 5.33. The van der Waals surface area contributed by atoms with Crippen LogP contribution in [0.15, 0.2) is 23.1 Å². The highest BCUT2D eigenvalue weighted by Crippen LogP contribution is 1.98. The van der Waals surface area contributed by atoms with E-state index in [0.29, 0.717) is 25.4 Å². The van der Waals surface area contributed by atoms with Gasteiger partial charge in [0.25, 0.3) is 5.56 Å². The standard InChI is InChI=1S/C13H23N3O3/c1-15(9-12(17)10-19-2)6-3-7-16-8-11(14)4-5-13(16)18/h4-5,8,12,17H,3,6-7,9-10,14H2,1-2H3. The average molecular weight is 269 g/mol. The van der Waals surface area contributed by atoms with Crippen LogP contribution < -0.4 is 11.3 Å². The summed E-state index contributed by atoms with van der Waals surface area (Å²) in [6.07, 6.45) is 1.99. The largest absolute Gasteiger partial charge is 0.398 e. The summed E-state index contributed by atoms with van der Waals surface area (Å²) in [5.41, 5.74) is 6.18. The Kier molecular flexibility index (Phi) is 6.55. The molecule has 0 bridgehead atoms. The zero-order valence-corrected chi connectivity index (χ0v) is 11.6. The summed E-state index contributed by atoms with van der Waals surface area (Å²) in [7, 11) is 3.50. The molecule has 1 heterocycles. The Morgan fingerprint density at radius 1 is 1.53 bits per heavy atom. The molecule has 0 aliphatic carbocycles. The average Bonchev–Trinajstić information content (AvgIpc) is 2.33. The van der Waals surface area contributed by atoms with Crippen LogP contribution in [0.25, 0.3) is 0 Å². The fraction of sp³-hybridized carbons (Fsp3) is 0.615. The number of methoxy groups -OCH3 is 1. The number of aromatic nitrogens is 1. The molecule has 0 aliphatic heterocycles. The number of rotatable bonds is 8. The van der Waals surface area contributed by atoms with Gasteiger partial charge in [0.05, 0.1) is 12.7 Å². The molecule has 3 N–H and O–H groups in total. The van der Waals surface area contributed by atoms with Gasteiger partial charge in [-0.3, -0.25) is 4.79 Å². The summed E-state index contributed by atoms with van der Waals surface area (Å²) < 4.78 is 6.48. The number of aliphatic hydroxyl groups is 1. The van der Waals surface area contributed by atoms with Gasteiger partial charge >= 0.3 is 0 Å². The predicted molar refractivity (Wildman–Crippen MR) is 75.1 cm³/mol. The molecule has 1 atom stereocenters. The Labute approximate surface area is 113 Å². The van der Waals surface area contributed by atoms with Crippen LogP contribution in [0.4, 0.5) is 5.69 Å². The molecule has 1 aromatic heterocycles. The van der Waals surface area contributed by atoms with E-state index in [4.69, 9.17) is 10.5 Å². The van der Waals surface area contributed by atoms with E-state index >= 15 is 0 Å². The van der Waals surface area contributed by atoms with Gasteiger partial charge in [-0.15, -0.1) is 0 Å². The summed E-state index contributed by atoms with van der Waals surface area (Å²) in [6.45, 7) is 2.30. The molecule has 0 radical (unpaired) electrons. The van der Waals surface area contributed by atoms with E-state index in [1.165, 1.54) is 6.07 Å². The third kappa shape index (κ3) is 5.87. The van der Waals surface area contributed by atoms with Crippen molar-refractivity contribution in [3.63, 3.8) is 0 Å². The van der Waals surface area contributed by atoms with Gasteiger partial charge in [0.15, 0.2) is 0 Å². The second-order valence-corrected chi connectivity index (χ2v) is 4.72. The minimum Gasteiger partial charge on any atom is -0.398 e. The Morgan fingerprint density at radius 3 is 2.95 bits per heavy atom. The number of aryl methyl sites for hydroxylation is 1. The van der Waals surface area contributed by atoms with Crippen LogP contribution in [0, 0.1) is 0 Å². The fourth-order valence-electron chi connectivity index (χ4n) is 1.93. The fourth-order valence-corrected chi connectivity index (χ4v) is 1.93. The molecule has 0 fully saturated rings. The summed E-state index contributed by atoms with van der Waals surface area (Å²) in [4.78, 5) is 13.6. The normalized spacial score (nSPS) is 12.8. The Hall–Kier alpha value is -1.37. The lowest BCUT2D eigenvalue weighted by Gasteiger charge is -2.20. The molecule has 1 unspecified atom stereocenters. The molecule has 0 amide bonds. The van der Waals surface area contributed by atoms with Gasteiger partial charge in [-0.25, -0.2) is 0 Å². The molecule has 0 saturated carbocycles. The molecule has 0 aliphatic rings. The van der Waals surface area contributed by atoms with Gasteiger partial charge < -0.3 is 25.0 Å². The first-order valence-corrected chi connectivity index (χ1v) is 6.34. The van der Waals surface area contributed by atoms with E-state index in [2.05, 4.69) is 0 Å². The van der Waals surface area contributed by atoms with Gasteiger partial charge in [-0.2, -0.15) is 0 Å². The number of nitrogens with two attached hydrogens (primary N) is 1. The molecule has 1 rings (SSSR count). The lowest BCUT2D eigenvalue weighted by molar-refractivity contribution is 0.0429. The second-order valence-electron chi connectivity index (χ2n) is 4.72. The van der Waals surface area contributed by atoms with Gasteiger partial charge in [0.1, 0.15) is 0 Å². The van der Waals surface area contributed by atoms with E-state index in [0.717, 1.165) is 13.0 Å². The number of pyridine rings is 1. The van der Waals surface area contributed by atoms with Crippen LogP contribution in [0.5, 0.6) is 0 Å². The molecule has 0 spiro atoms. The monoisotopic (exact) mass is 269 g/mol. The molecule has 108 valence electrons. The summed E-state index contributed by atoms with van der Waals surface area (Å²) >= 11 is 0. The minimum absolute atomic E-state index is 0.0451. The number of likely N-dealkylation sites (N-methyl/N-ethyl adjacent to an activating group) is 1. The first kappa shape index (κ1) is 15.7. The molecule has 0 aromatic carbocycles. The van der Waals surface area contributed by atoms with Gasteiger partial charge in [-0.1, -0.05) is 0 Å².